The molecule has 0 aliphatic carbocycles. The molecule has 3 aromatic heterocycles. The molecule has 4 rings (SSSR count). The molecular weight excluding hydrogens is 545 g/mol. The van der Waals surface area contributed by atoms with Crippen molar-refractivity contribution in [3.8, 4) is 5.75 Å². The first-order valence-electron chi connectivity index (χ1n) is 12.3. The molecular formula is C27H25F3N6O3S. The van der Waals surface area contributed by atoms with Gasteiger partial charge in [0, 0.05) is 24.5 Å². The van der Waals surface area contributed by atoms with Crippen molar-refractivity contribution in [3.05, 3.63) is 94.0 Å². The molecule has 3 N–H and O–H groups in total. The molecule has 3 heterocycles. The van der Waals surface area contributed by atoms with E-state index in [4.69, 9.17) is 5.73 Å². The van der Waals surface area contributed by atoms with Crippen molar-refractivity contribution in [2.75, 3.05) is 5.32 Å². The number of aryl methyl sites for hydroxylation is 2. The monoisotopic (exact) mass is 570 g/mol. The predicted octanol–water partition coefficient (Wildman–Crippen LogP) is 4.59. The third kappa shape index (κ3) is 8.56. The summed E-state index contributed by atoms with van der Waals surface area (Å²) in [6, 6.07) is 12.3. The number of alkyl halides is 3. The van der Waals surface area contributed by atoms with E-state index in [0.717, 1.165) is 23.5 Å². The van der Waals surface area contributed by atoms with Crippen LogP contribution in [0.25, 0.3) is 0 Å². The third-order valence-corrected chi connectivity index (χ3v) is 6.76. The first kappa shape index (κ1) is 28.6. The van der Waals surface area contributed by atoms with Gasteiger partial charge in [-0.05, 0) is 60.7 Å². The largest absolute Gasteiger partial charge is 0.573 e. The highest BCUT2D eigenvalue weighted by atomic mass is 32.1. The summed E-state index contributed by atoms with van der Waals surface area (Å²) in [4.78, 5) is 32.8. The number of ether oxygens (including phenoxy) is 1. The second-order valence-corrected chi connectivity index (χ2v) is 9.91. The standard InChI is InChI=1S/C27H25F3N6O3S/c28-27(29,30)39-21-8-3-5-17(13-21)14-22(37)34-20-11-10-19(33-16-20)7-1-2-9-23-35-36-26(40-23)24(25(31)38)18-6-4-12-32-15-18/h3-6,8,10-13,15-16,24H,1-2,7,9,14H2,(H2,31,38)(H,34,37). The van der Waals surface area contributed by atoms with Gasteiger partial charge < -0.3 is 15.8 Å². The van der Waals surface area contributed by atoms with Gasteiger partial charge >= 0.3 is 6.36 Å². The van der Waals surface area contributed by atoms with Gasteiger partial charge in [0.05, 0.1) is 18.3 Å². The molecule has 1 unspecified atom stereocenters. The lowest BCUT2D eigenvalue weighted by atomic mass is 10.0. The molecule has 2 amide bonds. The maximum atomic E-state index is 12.4. The van der Waals surface area contributed by atoms with Crippen LogP contribution in [0.15, 0.2) is 67.1 Å². The molecule has 208 valence electrons. The molecule has 0 spiro atoms. The first-order valence-corrected chi connectivity index (χ1v) is 13.1. The van der Waals surface area contributed by atoms with Crippen LogP contribution in [0.3, 0.4) is 0 Å². The second kappa shape index (κ2) is 13.1. The van der Waals surface area contributed by atoms with E-state index in [1.54, 1.807) is 36.7 Å². The number of nitrogens with two attached hydrogens (primary N) is 1. The fourth-order valence-corrected chi connectivity index (χ4v) is 4.95. The number of rotatable bonds is 12. The van der Waals surface area contributed by atoms with E-state index in [0.29, 0.717) is 34.7 Å². The van der Waals surface area contributed by atoms with E-state index < -0.39 is 24.1 Å². The summed E-state index contributed by atoms with van der Waals surface area (Å²) in [5, 5.41) is 12.4. The highest BCUT2D eigenvalue weighted by Crippen LogP contribution is 2.27. The van der Waals surface area contributed by atoms with Crippen LogP contribution in [-0.4, -0.2) is 38.3 Å². The number of aromatic nitrogens is 4. The van der Waals surface area contributed by atoms with Crippen LogP contribution < -0.4 is 15.8 Å². The van der Waals surface area contributed by atoms with Crippen molar-refractivity contribution in [3.63, 3.8) is 0 Å². The van der Waals surface area contributed by atoms with Crippen molar-refractivity contribution in [2.24, 2.45) is 5.73 Å². The van der Waals surface area contributed by atoms with E-state index in [-0.39, 0.29) is 12.2 Å². The lowest BCUT2D eigenvalue weighted by Crippen LogP contribution is -2.22. The van der Waals surface area contributed by atoms with Gasteiger partial charge in [0.15, 0.2) is 0 Å². The minimum atomic E-state index is -4.80. The number of unbranched alkanes of at least 4 members (excludes halogenated alkanes) is 1. The average molecular weight is 571 g/mol. The summed E-state index contributed by atoms with van der Waals surface area (Å²) in [7, 11) is 0. The van der Waals surface area contributed by atoms with E-state index >= 15 is 0 Å². The summed E-state index contributed by atoms with van der Waals surface area (Å²) in [6.45, 7) is 0. The van der Waals surface area contributed by atoms with Crippen LogP contribution in [0.1, 0.15) is 45.6 Å². The zero-order chi connectivity index (χ0) is 28.5. The SMILES string of the molecule is NC(=O)C(c1cccnc1)c1nnc(CCCCc2ccc(NC(=O)Cc3cccc(OC(F)(F)F)c3)cn2)s1. The number of hydrogen-bond donors (Lipinski definition) is 2. The number of hydrogen-bond acceptors (Lipinski definition) is 8. The van der Waals surface area contributed by atoms with Crippen LogP contribution in [0.5, 0.6) is 5.75 Å². The Morgan fingerprint density at radius 2 is 1.85 bits per heavy atom. The van der Waals surface area contributed by atoms with Gasteiger partial charge in [-0.1, -0.05) is 18.2 Å². The average Bonchev–Trinajstić information content (AvgIpc) is 3.35. The number of carbonyl (C=O) groups excluding carboxylic acids is 2. The fraction of sp³-hybridized carbons (Fsp3) is 0.259. The number of nitrogens with zero attached hydrogens (tertiary/aromatic N) is 4. The number of amides is 2. The minimum absolute atomic E-state index is 0.118. The fourth-order valence-electron chi connectivity index (χ4n) is 3.93. The number of nitrogens with one attached hydrogen (secondary N) is 1. The lowest BCUT2D eigenvalue weighted by molar-refractivity contribution is -0.274. The van der Waals surface area contributed by atoms with Crippen molar-refractivity contribution in [1.82, 2.24) is 20.2 Å². The van der Waals surface area contributed by atoms with E-state index in [1.165, 1.54) is 35.7 Å². The van der Waals surface area contributed by atoms with Crippen LogP contribution in [0, 0.1) is 0 Å². The number of primary amides is 1. The number of anilines is 1. The van der Waals surface area contributed by atoms with Crippen LogP contribution in [-0.2, 0) is 28.9 Å². The van der Waals surface area contributed by atoms with Crippen molar-refractivity contribution >= 4 is 28.8 Å². The smallest absolute Gasteiger partial charge is 0.406 e. The Morgan fingerprint density at radius 1 is 1.02 bits per heavy atom. The Hall–Kier alpha value is -4.39. The molecule has 0 aliphatic rings. The summed E-state index contributed by atoms with van der Waals surface area (Å²) >= 11 is 1.36. The Kier molecular flexibility index (Phi) is 9.38. The van der Waals surface area contributed by atoms with Crippen LogP contribution >= 0.6 is 11.3 Å². The Bertz CT molecular complexity index is 1430. The van der Waals surface area contributed by atoms with Gasteiger partial charge in [-0.15, -0.1) is 34.7 Å². The molecule has 4 aromatic rings. The van der Waals surface area contributed by atoms with Crippen molar-refractivity contribution in [2.45, 2.75) is 44.4 Å². The van der Waals surface area contributed by atoms with Gasteiger partial charge in [0.1, 0.15) is 21.7 Å². The molecule has 0 saturated heterocycles. The molecule has 13 heteroatoms. The van der Waals surface area contributed by atoms with Gasteiger partial charge in [0.25, 0.3) is 0 Å². The zero-order valence-corrected chi connectivity index (χ0v) is 21.9. The highest BCUT2D eigenvalue weighted by molar-refractivity contribution is 7.11. The molecule has 0 radical (unpaired) electrons. The van der Waals surface area contributed by atoms with Gasteiger partial charge in [-0.25, -0.2) is 0 Å². The number of halogens is 3. The molecule has 9 nitrogen and oxygen atoms in total. The Labute approximate surface area is 231 Å². The van der Waals surface area contributed by atoms with Crippen molar-refractivity contribution < 1.29 is 27.5 Å². The van der Waals surface area contributed by atoms with E-state index in [1.807, 2.05) is 6.07 Å². The Balaban J connectivity index is 1.22. The zero-order valence-electron chi connectivity index (χ0n) is 21.1. The van der Waals surface area contributed by atoms with Gasteiger partial charge in [-0.2, -0.15) is 0 Å². The first-order chi connectivity index (χ1) is 19.2. The number of pyridine rings is 2. The van der Waals surface area contributed by atoms with Gasteiger partial charge in [0.2, 0.25) is 11.8 Å². The Morgan fingerprint density at radius 3 is 2.55 bits per heavy atom. The molecule has 0 bridgehead atoms. The van der Waals surface area contributed by atoms with Crippen molar-refractivity contribution in [1.29, 1.82) is 0 Å². The molecule has 1 aromatic carbocycles. The second-order valence-electron chi connectivity index (χ2n) is 8.82. The summed E-state index contributed by atoms with van der Waals surface area (Å²) in [5.74, 6) is -1.96. The summed E-state index contributed by atoms with van der Waals surface area (Å²) in [5.41, 5.74) is 7.98. The maximum Gasteiger partial charge on any atom is 0.573 e. The molecule has 0 aliphatic heterocycles. The van der Waals surface area contributed by atoms with Crippen LogP contribution in [0.4, 0.5) is 18.9 Å². The predicted molar refractivity (Wildman–Crippen MR) is 142 cm³/mol. The molecule has 1 atom stereocenters. The summed E-state index contributed by atoms with van der Waals surface area (Å²) in [6.07, 6.45) is 2.91. The quantitative estimate of drug-likeness (QED) is 0.238. The number of benzene rings is 1. The molecule has 40 heavy (non-hydrogen) atoms. The minimum Gasteiger partial charge on any atom is -0.406 e. The third-order valence-electron chi connectivity index (χ3n) is 5.71. The van der Waals surface area contributed by atoms with Crippen LogP contribution in [0.2, 0.25) is 0 Å². The molecule has 0 fully saturated rings. The lowest BCUT2D eigenvalue weighted by Gasteiger charge is -2.10. The van der Waals surface area contributed by atoms with E-state index in [2.05, 4.69) is 30.2 Å². The summed E-state index contributed by atoms with van der Waals surface area (Å²) < 4.78 is 41.1. The maximum absolute atomic E-state index is 12.4. The number of carbonyl (C=O) groups is 2. The van der Waals surface area contributed by atoms with E-state index in [9.17, 15) is 22.8 Å². The normalized spacial score (nSPS) is 12.1. The molecule has 0 saturated carbocycles. The van der Waals surface area contributed by atoms with Gasteiger partial charge in [-0.3, -0.25) is 19.6 Å². The highest BCUT2D eigenvalue weighted by Gasteiger charge is 2.31. The topological polar surface area (TPSA) is 133 Å².